The van der Waals surface area contributed by atoms with Gasteiger partial charge < -0.3 is 9.53 Å². The van der Waals surface area contributed by atoms with Crippen molar-refractivity contribution in [1.82, 2.24) is 4.98 Å². The zero-order valence-electron chi connectivity index (χ0n) is 16.2. The predicted molar refractivity (Wildman–Crippen MR) is 101 cm³/mol. The average molecular weight is 363 g/mol. The van der Waals surface area contributed by atoms with Gasteiger partial charge in [-0.05, 0) is 55.9 Å². The van der Waals surface area contributed by atoms with Crippen LogP contribution in [0.1, 0.15) is 52.5 Å². The Morgan fingerprint density at radius 3 is 2.56 bits per heavy atom. The van der Waals surface area contributed by atoms with Crippen LogP contribution in [0.2, 0.25) is 18.1 Å². The van der Waals surface area contributed by atoms with Gasteiger partial charge in [-0.25, -0.2) is 4.98 Å². The predicted octanol–water partition coefficient (Wildman–Crippen LogP) is 4.01. The Morgan fingerprint density at radius 1 is 1.32 bits per heavy atom. The van der Waals surface area contributed by atoms with Crippen molar-refractivity contribution >= 4 is 20.0 Å². The summed E-state index contributed by atoms with van der Waals surface area (Å²) in [5.41, 5.74) is 0.793. The molecular weight excluding hydrogens is 332 g/mol. The number of anilines is 1. The lowest BCUT2D eigenvalue weighted by atomic mass is 9.75. The van der Waals surface area contributed by atoms with Crippen molar-refractivity contribution in [3.63, 3.8) is 0 Å². The molecule has 6 heteroatoms. The zero-order valence-corrected chi connectivity index (χ0v) is 17.2. The quantitative estimate of drug-likeness (QED) is 0.825. The lowest BCUT2D eigenvalue weighted by Gasteiger charge is -2.54. The minimum absolute atomic E-state index is 0.130. The number of hydrogen-bond donors (Lipinski definition) is 1. The largest absolute Gasteiger partial charge is 0.506 e. The fourth-order valence-corrected chi connectivity index (χ4v) is 5.43. The number of hydrogen-bond acceptors (Lipinski definition) is 4. The molecule has 2 heterocycles. The van der Waals surface area contributed by atoms with Crippen LogP contribution in [-0.4, -0.2) is 36.0 Å². The van der Waals surface area contributed by atoms with Gasteiger partial charge in [0.05, 0.1) is 11.8 Å². The van der Waals surface area contributed by atoms with E-state index in [1.165, 1.54) is 6.20 Å². The van der Waals surface area contributed by atoms with Crippen LogP contribution in [0.5, 0.6) is 5.75 Å². The molecule has 0 saturated heterocycles. The molecule has 5 nitrogen and oxygen atoms in total. The van der Waals surface area contributed by atoms with E-state index in [2.05, 4.69) is 45.8 Å². The molecule has 0 spiro atoms. The van der Waals surface area contributed by atoms with Crippen LogP contribution in [0.3, 0.4) is 0 Å². The zero-order chi connectivity index (χ0) is 18.6. The third-order valence-corrected chi connectivity index (χ3v) is 10.7. The molecule has 0 unspecified atom stereocenters. The van der Waals surface area contributed by atoms with Gasteiger partial charge in [-0.1, -0.05) is 20.8 Å². The van der Waals surface area contributed by atoms with E-state index in [0.29, 0.717) is 18.7 Å². The molecule has 1 fully saturated rings. The van der Waals surface area contributed by atoms with Crippen LogP contribution < -0.4 is 4.90 Å². The summed E-state index contributed by atoms with van der Waals surface area (Å²) >= 11 is 0. The number of carbonyl (C=O) groups excluding carboxylic acids is 1. The maximum atomic E-state index is 12.5. The highest BCUT2D eigenvalue weighted by Gasteiger charge is 2.51. The van der Waals surface area contributed by atoms with E-state index in [9.17, 15) is 9.90 Å². The second-order valence-electron chi connectivity index (χ2n) is 9.31. The third kappa shape index (κ3) is 3.34. The molecular formula is C19H30N2O3Si. The minimum Gasteiger partial charge on any atom is -0.506 e. The van der Waals surface area contributed by atoms with E-state index < -0.39 is 8.32 Å². The van der Waals surface area contributed by atoms with E-state index in [0.717, 1.165) is 18.4 Å². The summed E-state index contributed by atoms with van der Waals surface area (Å²) in [7, 11) is -1.84. The molecule has 0 aromatic carbocycles. The Labute approximate surface area is 151 Å². The highest BCUT2D eigenvalue weighted by atomic mass is 28.4. The van der Waals surface area contributed by atoms with Gasteiger partial charge in [0.25, 0.3) is 0 Å². The molecule has 0 bridgehead atoms. The van der Waals surface area contributed by atoms with E-state index >= 15 is 0 Å². The molecule has 1 saturated carbocycles. The Morgan fingerprint density at radius 2 is 1.96 bits per heavy atom. The van der Waals surface area contributed by atoms with E-state index in [4.69, 9.17) is 4.43 Å². The summed E-state index contributed by atoms with van der Waals surface area (Å²) in [4.78, 5) is 18.7. The third-order valence-electron chi connectivity index (χ3n) is 6.04. The maximum absolute atomic E-state index is 12.5. The molecule has 1 aliphatic heterocycles. The van der Waals surface area contributed by atoms with Crippen molar-refractivity contribution < 1.29 is 14.3 Å². The van der Waals surface area contributed by atoms with Gasteiger partial charge in [0.1, 0.15) is 11.6 Å². The summed E-state index contributed by atoms with van der Waals surface area (Å²) in [6.07, 6.45) is 4.24. The highest BCUT2D eigenvalue weighted by Crippen LogP contribution is 2.47. The topological polar surface area (TPSA) is 62.7 Å². The van der Waals surface area contributed by atoms with Gasteiger partial charge in [0.15, 0.2) is 8.32 Å². The lowest BCUT2D eigenvalue weighted by Crippen LogP contribution is -2.61. The van der Waals surface area contributed by atoms with Crippen molar-refractivity contribution in [2.45, 2.75) is 83.2 Å². The summed E-state index contributed by atoms with van der Waals surface area (Å²) in [6.45, 7) is 13.5. The molecule has 1 N–H and O–H groups in total. The number of nitrogens with zero attached hydrogens (tertiary/aromatic N) is 2. The molecule has 3 rings (SSSR count). The molecule has 0 radical (unpaired) electrons. The number of aromatic hydroxyl groups is 1. The molecule has 25 heavy (non-hydrogen) atoms. The van der Waals surface area contributed by atoms with Gasteiger partial charge in [0.2, 0.25) is 5.91 Å². The average Bonchev–Trinajstić information content (AvgIpc) is 2.43. The van der Waals surface area contributed by atoms with Crippen LogP contribution in [0, 0.1) is 0 Å². The molecule has 1 aliphatic carbocycles. The van der Waals surface area contributed by atoms with Gasteiger partial charge in [-0.15, -0.1) is 0 Å². The second-order valence-corrected chi connectivity index (χ2v) is 14.0. The Hall–Kier alpha value is -1.40. The van der Waals surface area contributed by atoms with Crippen LogP contribution in [0.4, 0.5) is 5.82 Å². The number of fused-ring (bicyclic) bond motifs is 1. The van der Waals surface area contributed by atoms with Crippen LogP contribution in [-0.2, 0) is 15.6 Å². The van der Waals surface area contributed by atoms with Crippen molar-refractivity contribution in [3.8, 4) is 5.75 Å². The Bertz CT molecular complexity index is 690. The van der Waals surface area contributed by atoms with E-state index in [1.807, 2.05) is 4.90 Å². The van der Waals surface area contributed by atoms with E-state index in [-0.39, 0.29) is 28.3 Å². The molecule has 1 aromatic heterocycles. The molecule has 0 atom stereocenters. The van der Waals surface area contributed by atoms with Gasteiger partial charge in [0, 0.05) is 12.5 Å². The number of amides is 1. The summed E-state index contributed by atoms with van der Waals surface area (Å²) in [6, 6.07) is 1.87. The first-order valence-electron chi connectivity index (χ1n) is 9.12. The summed E-state index contributed by atoms with van der Waals surface area (Å²) < 4.78 is 6.63. The monoisotopic (exact) mass is 362 g/mol. The van der Waals surface area contributed by atoms with Crippen molar-refractivity contribution in [2.75, 3.05) is 4.90 Å². The highest BCUT2D eigenvalue weighted by molar-refractivity contribution is 6.74. The first-order chi connectivity index (χ1) is 11.4. The van der Waals surface area contributed by atoms with Crippen molar-refractivity contribution in [2.24, 2.45) is 0 Å². The first kappa shape index (κ1) is 18.4. The Balaban J connectivity index is 1.75. The molecule has 138 valence electrons. The standard InChI is InChI=1S/C19H30N2O3Si/c1-18(2,3)25(5,6)24-19(4)10-14(11-19)21-16(23)8-7-13-9-15(22)12-20-17(13)21/h9,12,14,22H,7-8,10-11H2,1-6H3. The van der Waals surface area contributed by atoms with E-state index in [1.54, 1.807) is 6.07 Å². The first-order valence-corrected chi connectivity index (χ1v) is 12.0. The minimum atomic E-state index is -1.84. The van der Waals surface area contributed by atoms with Crippen LogP contribution in [0.25, 0.3) is 0 Å². The van der Waals surface area contributed by atoms with Crippen molar-refractivity contribution in [1.29, 1.82) is 0 Å². The fourth-order valence-electron chi connectivity index (χ4n) is 3.72. The van der Waals surface area contributed by atoms with Gasteiger partial charge in [-0.3, -0.25) is 9.69 Å². The number of carbonyl (C=O) groups is 1. The van der Waals surface area contributed by atoms with Crippen LogP contribution >= 0.6 is 0 Å². The smallest absolute Gasteiger partial charge is 0.228 e. The number of aromatic nitrogens is 1. The normalized spacial score (nSPS) is 27.0. The van der Waals surface area contributed by atoms with Gasteiger partial charge >= 0.3 is 0 Å². The number of pyridine rings is 1. The molecule has 1 amide bonds. The number of rotatable bonds is 3. The SMILES string of the molecule is CC1(O[Si](C)(C)C(C)(C)C)CC(N2C(=O)CCc3cc(O)cnc32)C1. The molecule has 2 aliphatic rings. The lowest BCUT2D eigenvalue weighted by molar-refractivity contribution is -0.121. The second kappa shape index (κ2) is 5.81. The van der Waals surface area contributed by atoms with Crippen LogP contribution in [0.15, 0.2) is 12.3 Å². The molecule has 1 aromatic rings. The van der Waals surface area contributed by atoms with Gasteiger partial charge in [-0.2, -0.15) is 0 Å². The Kier molecular flexibility index (Phi) is 4.27. The maximum Gasteiger partial charge on any atom is 0.228 e. The summed E-state index contributed by atoms with van der Waals surface area (Å²) in [5, 5.41) is 9.83. The fraction of sp³-hybridized carbons (Fsp3) is 0.684. The summed E-state index contributed by atoms with van der Waals surface area (Å²) in [5.74, 6) is 1.01. The van der Waals surface area contributed by atoms with Crippen molar-refractivity contribution in [3.05, 3.63) is 17.8 Å². The number of aryl methyl sites for hydroxylation is 1.